The van der Waals surface area contributed by atoms with E-state index in [9.17, 15) is 9.59 Å². The van der Waals surface area contributed by atoms with Crippen molar-refractivity contribution in [1.29, 1.82) is 0 Å². The van der Waals surface area contributed by atoms with Gasteiger partial charge in [-0.15, -0.1) is 0 Å². The van der Waals surface area contributed by atoms with E-state index in [0.29, 0.717) is 16.8 Å². The predicted molar refractivity (Wildman–Crippen MR) is 138 cm³/mol. The van der Waals surface area contributed by atoms with Gasteiger partial charge in [0.1, 0.15) is 6.04 Å². The Morgan fingerprint density at radius 3 is 2.12 bits per heavy atom. The summed E-state index contributed by atoms with van der Waals surface area (Å²) < 4.78 is 0. The first-order chi connectivity index (χ1) is 15.9. The molecule has 5 nitrogen and oxygen atoms in total. The molecule has 1 atom stereocenters. The summed E-state index contributed by atoms with van der Waals surface area (Å²) in [5.41, 5.74) is 3.45. The average molecular weight is 458 g/mol. The van der Waals surface area contributed by atoms with Crippen molar-refractivity contribution in [2.45, 2.75) is 65.5 Å². The number of nitrogens with one attached hydrogen (secondary N) is 1. The fourth-order valence-electron chi connectivity index (χ4n) is 3.82. The third-order valence-electron chi connectivity index (χ3n) is 5.50. The smallest absolute Gasteiger partial charge is 0.259 e. The fraction of sp³-hybridized carbons (Fsp3) is 0.345. The van der Waals surface area contributed by atoms with Gasteiger partial charge in [0.2, 0.25) is 5.91 Å². The number of carbonyl (C=O) groups is 2. The summed E-state index contributed by atoms with van der Waals surface area (Å²) in [5.74, 6) is -0.508. The van der Waals surface area contributed by atoms with Crippen LogP contribution in [0.25, 0.3) is 0 Å². The summed E-state index contributed by atoms with van der Waals surface area (Å²) in [6.07, 6.45) is 3.31. The van der Waals surface area contributed by atoms with Crippen LogP contribution in [0.1, 0.15) is 74.6 Å². The van der Waals surface area contributed by atoms with E-state index in [1.807, 2.05) is 76.2 Å². The Kier molecular flexibility index (Phi) is 7.25. The van der Waals surface area contributed by atoms with Crippen LogP contribution >= 0.6 is 0 Å². The number of anilines is 1. The van der Waals surface area contributed by atoms with Crippen LogP contribution in [0.15, 0.2) is 73.1 Å². The van der Waals surface area contributed by atoms with Crippen molar-refractivity contribution < 1.29 is 9.59 Å². The first kappa shape index (κ1) is 25.2. The van der Waals surface area contributed by atoms with Crippen molar-refractivity contribution in [3.8, 4) is 0 Å². The van der Waals surface area contributed by atoms with Crippen LogP contribution < -0.4 is 10.2 Å². The van der Waals surface area contributed by atoms with Gasteiger partial charge in [0.25, 0.3) is 5.91 Å². The molecule has 1 aromatic heterocycles. The predicted octanol–water partition coefficient (Wildman–Crippen LogP) is 5.99. The summed E-state index contributed by atoms with van der Waals surface area (Å²) >= 11 is 0. The molecule has 1 unspecified atom stereocenters. The fourth-order valence-corrected chi connectivity index (χ4v) is 3.82. The summed E-state index contributed by atoms with van der Waals surface area (Å²) in [6, 6.07) is 18.0. The number of hydrogen-bond acceptors (Lipinski definition) is 3. The Morgan fingerprint density at radius 1 is 0.912 bits per heavy atom. The van der Waals surface area contributed by atoms with E-state index in [-0.39, 0.29) is 17.2 Å². The maximum absolute atomic E-state index is 14.0. The number of aryl methyl sites for hydroxylation is 1. The molecule has 1 heterocycles. The zero-order chi connectivity index (χ0) is 25.1. The zero-order valence-electron chi connectivity index (χ0n) is 21.2. The van der Waals surface area contributed by atoms with Gasteiger partial charge in [-0.3, -0.25) is 19.5 Å². The van der Waals surface area contributed by atoms with Crippen molar-refractivity contribution in [1.82, 2.24) is 10.3 Å². The number of nitrogens with zero attached hydrogens (tertiary/aromatic N) is 2. The summed E-state index contributed by atoms with van der Waals surface area (Å²) in [7, 11) is 0. The molecular formula is C29H35N3O2. The summed E-state index contributed by atoms with van der Waals surface area (Å²) in [4.78, 5) is 33.5. The van der Waals surface area contributed by atoms with Crippen LogP contribution in [0, 0.1) is 6.92 Å². The molecule has 5 heteroatoms. The largest absolute Gasteiger partial charge is 0.349 e. The lowest BCUT2D eigenvalue weighted by Crippen LogP contribution is -2.49. The van der Waals surface area contributed by atoms with Crippen molar-refractivity contribution >= 4 is 17.5 Å². The lowest BCUT2D eigenvalue weighted by Gasteiger charge is -2.34. The van der Waals surface area contributed by atoms with Crippen LogP contribution in [0.5, 0.6) is 0 Å². The molecule has 0 radical (unpaired) electrons. The third-order valence-corrected chi connectivity index (χ3v) is 5.50. The van der Waals surface area contributed by atoms with Crippen LogP contribution in [-0.2, 0) is 10.2 Å². The Morgan fingerprint density at radius 2 is 1.59 bits per heavy atom. The number of aromatic nitrogens is 1. The van der Waals surface area contributed by atoms with Crippen molar-refractivity contribution in [2.75, 3.05) is 4.90 Å². The Hall–Kier alpha value is -3.47. The van der Waals surface area contributed by atoms with E-state index >= 15 is 0 Å². The lowest BCUT2D eigenvalue weighted by molar-refractivity contribution is -0.123. The minimum atomic E-state index is -0.888. The molecule has 1 N–H and O–H groups in total. The molecule has 0 saturated heterocycles. The minimum absolute atomic E-state index is 0.0315. The average Bonchev–Trinajstić information content (AvgIpc) is 2.76. The van der Waals surface area contributed by atoms with Gasteiger partial charge >= 0.3 is 0 Å². The van der Waals surface area contributed by atoms with Crippen molar-refractivity contribution in [3.05, 3.63) is 95.3 Å². The molecule has 2 amide bonds. The molecule has 0 fully saturated rings. The van der Waals surface area contributed by atoms with Gasteiger partial charge in [-0.2, -0.15) is 0 Å². The van der Waals surface area contributed by atoms with E-state index in [4.69, 9.17) is 0 Å². The van der Waals surface area contributed by atoms with Crippen LogP contribution in [0.2, 0.25) is 0 Å². The van der Waals surface area contributed by atoms with E-state index in [1.54, 1.807) is 29.4 Å². The van der Waals surface area contributed by atoms with Gasteiger partial charge in [-0.05, 0) is 69.0 Å². The molecule has 3 aromatic rings. The number of amides is 2. The number of carbonyl (C=O) groups excluding carboxylic acids is 2. The third kappa shape index (κ3) is 6.10. The number of hydrogen-bond donors (Lipinski definition) is 1. The topological polar surface area (TPSA) is 62.3 Å². The quantitative estimate of drug-likeness (QED) is 0.512. The second kappa shape index (κ2) is 9.80. The monoisotopic (exact) mass is 457 g/mol. The molecule has 0 bridgehead atoms. The van der Waals surface area contributed by atoms with Gasteiger partial charge < -0.3 is 5.32 Å². The van der Waals surface area contributed by atoms with E-state index in [1.165, 1.54) is 0 Å². The summed E-state index contributed by atoms with van der Waals surface area (Å²) in [6.45, 7) is 14.2. The summed E-state index contributed by atoms with van der Waals surface area (Å²) in [5, 5.41) is 3.06. The minimum Gasteiger partial charge on any atom is -0.349 e. The molecular weight excluding hydrogens is 422 g/mol. The molecule has 0 saturated carbocycles. The van der Waals surface area contributed by atoms with Gasteiger partial charge in [0, 0.05) is 34.7 Å². The van der Waals surface area contributed by atoms with Gasteiger partial charge in [0.15, 0.2) is 0 Å². The van der Waals surface area contributed by atoms with Crippen LogP contribution in [-0.4, -0.2) is 22.3 Å². The van der Waals surface area contributed by atoms with Crippen LogP contribution in [0.3, 0.4) is 0 Å². The van der Waals surface area contributed by atoms with Crippen molar-refractivity contribution in [2.24, 2.45) is 0 Å². The maximum atomic E-state index is 14.0. The van der Waals surface area contributed by atoms with Gasteiger partial charge in [-0.1, -0.05) is 56.7 Å². The molecule has 0 aliphatic heterocycles. The lowest BCUT2D eigenvalue weighted by atomic mass is 9.87. The van der Waals surface area contributed by atoms with E-state index in [0.717, 1.165) is 11.1 Å². The molecule has 178 valence electrons. The first-order valence-corrected chi connectivity index (χ1v) is 11.6. The van der Waals surface area contributed by atoms with Gasteiger partial charge in [0.05, 0.1) is 0 Å². The highest BCUT2D eigenvalue weighted by Gasteiger charge is 2.35. The second-order valence-corrected chi connectivity index (χ2v) is 10.8. The highest BCUT2D eigenvalue weighted by atomic mass is 16.2. The molecule has 3 rings (SSSR count). The van der Waals surface area contributed by atoms with Crippen molar-refractivity contribution in [3.63, 3.8) is 0 Å². The molecule has 34 heavy (non-hydrogen) atoms. The highest BCUT2D eigenvalue weighted by molar-refractivity contribution is 6.10. The number of rotatable bonds is 5. The maximum Gasteiger partial charge on any atom is 0.259 e. The Bertz CT molecular complexity index is 1140. The number of pyridine rings is 1. The Labute approximate surface area is 203 Å². The van der Waals surface area contributed by atoms with E-state index in [2.05, 4.69) is 31.1 Å². The second-order valence-electron chi connectivity index (χ2n) is 10.8. The molecule has 0 aliphatic carbocycles. The SMILES string of the molecule is Cc1cccc(C(=O)N(c2ccc(C(C)(C)C)cc2)C(C(=O)NC(C)(C)C)c2cccnc2)c1. The highest BCUT2D eigenvalue weighted by Crippen LogP contribution is 2.32. The molecule has 0 spiro atoms. The zero-order valence-corrected chi connectivity index (χ0v) is 21.2. The van der Waals surface area contributed by atoms with Gasteiger partial charge in [-0.25, -0.2) is 0 Å². The Balaban J connectivity index is 2.20. The normalized spacial score (nSPS) is 12.7. The standard InChI is InChI=1S/C29H35N3O2/c1-20-10-8-11-21(18-20)27(34)32(24-15-13-23(14-16-24)28(2,3)4)25(22-12-9-17-30-19-22)26(33)31-29(5,6)7/h8-19,25H,1-7H3,(H,31,33). The van der Waals surface area contributed by atoms with Crippen LogP contribution in [0.4, 0.5) is 5.69 Å². The number of benzene rings is 2. The molecule has 2 aromatic carbocycles. The van der Waals surface area contributed by atoms with E-state index < -0.39 is 11.6 Å². The first-order valence-electron chi connectivity index (χ1n) is 11.6. The molecule has 0 aliphatic rings.